The minimum Gasteiger partial charge on any atom is -0.253 e. The topological polar surface area (TPSA) is 12.9 Å². The number of nitrogens with zero attached hydrogens (tertiary/aromatic N) is 1. The van der Waals surface area contributed by atoms with Crippen molar-refractivity contribution in [2.75, 3.05) is 0 Å². The number of pyridine rings is 1. The van der Waals surface area contributed by atoms with E-state index in [4.69, 9.17) is 0 Å². The standard InChI is InChI=1S/C11H13N/c1-5-10-7-8(3)9(4)12-11(10)6-2/h5-7H,1-2H2,3-4H3. The largest absolute Gasteiger partial charge is 0.253 e. The first-order valence-corrected chi connectivity index (χ1v) is 3.92. The molecule has 0 aliphatic rings. The molecule has 0 spiro atoms. The zero-order chi connectivity index (χ0) is 9.14. The van der Waals surface area contributed by atoms with E-state index in [1.165, 1.54) is 5.56 Å². The number of aryl methyl sites for hydroxylation is 2. The van der Waals surface area contributed by atoms with Crippen LogP contribution in [0, 0.1) is 13.8 Å². The van der Waals surface area contributed by atoms with Crippen molar-refractivity contribution in [2.45, 2.75) is 13.8 Å². The summed E-state index contributed by atoms with van der Waals surface area (Å²) >= 11 is 0. The van der Waals surface area contributed by atoms with Crippen molar-refractivity contribution in [3.05, 3.63) is 41.7 Å². The Labute approximate surface area is 73.5 Å². The van der Waals surface area contributed by atoms with Gasteiger partial charge in [-0.25, -0.2) is 0 Å². The number of hydrogen-bond acceptors (Lipinski definition) is 1. The van der Waals surface area contributed by atoms with Gasteiger partial charge in [0, 0.05) is 5.69 Å². The fraction of sp³-hybridized carbons (Fsp3) is 0.182. The van der Waals surface area contributed by atoms with Crippen LogP contribution < -0.4 is 0 Å². The van der Waals surface area contributed by atoms with Gasteiger partial charge in [0.05, 0.1) is 5.69 Å². The summed E-state index contributed by atoms with van der Waals surface area (Å²) in [6.45, 7) is 11.5. The van der Waals surface area contributed by atoms with Crippen molar-refractivity contribution >= 4 is 12.2 Å². The van der Waals surface area contributed by atoms with E-state index in [1.54, 1.807) is 12.2 Å². The summed E-state index contributed by atoms with van der Waals surface area (Å²) in [5, 5.41) is 0. The number of rotatable bonds is 2. The molecule has 1 aromatic rings. The first kappa shape index (κ1) is 8.72. The van der Waals surface area contributed by atoms with Crippen LogP contribution in [-0.4, -0.2) is 4.98 Å². The molecule has 0 bridgehead atoms. The molecular weight excluding hydrogens is 146 g/mol. The van der Waals surface area contributed by atoms with Crippen LogP contribution in [0.3, 0.4) is 0 Å². The number of aromatic nitrogens is 1. The lowest BCUT2D eigenvalue weighted by Crippen LogP contribution is -1.93. The zero-order valence-electron chi connectivity index (χ0n) is 7.59. The van der Waals surface area contributed by atoms with Gasteiger partial charge in [0.2, 0.25) is 0 Å². The third-order valence-corrected chi connectivity index (χ3v) is 1.94. The fourth-order valence-electron chi connectivity index (χ4n) is 1.07. The zero-order valence-corrected chi connectivity index (χ0v) is 7.59. The average Bonchev–Trinajstić information content (AvgIpc) is 2.09. The maximum atomic E-state index is 4.37. The monoisotopic (exact) mass is 159 g/mol. The predicted octanol–water partition coefficient (Wildman–Crippen LogP) is 2.98. The highest BCUT2D eigenvalue weighted by Gasteiger charge is 2.00. The van der Waals surface area contributed by atoms with Gasteiger partial charge in [-0.2, -0.15) is 0 Å². The van der Waals surface area contributed by atoms with Crippen molar-refractivity contribution in [1.29, 1.82) is 0 Å². The third kappa shape index (κ3) is 1.45. The van der Waals surface area contributed by atoms with E-state index in [1.807, 2.05) is 13.8 Å². The van der Waals surface area contributed by atoms with E-state index < -0.39 is 0 Å². The maximum absolute atomic E-state index is 4.37. The SMILES string of the molecule is C=Cc1cc(C)c(C)nc1C=C. The van der Waals surface area contributed by atoms with Crippen molar-refractivity contribution in [1.82, 2.24) is 4.98 Å². The summed E-state index contributed by atoms with van der Waals surface area (Å²) in [6, 6.07) is 2.08. The molecule has 0 fully saturated rings. The predicted molar refractivity (Wildman–Crippen MR) is 53.9 cm³/mol. The lowest BCUT2D eigenvalue weighted by atomic mass is 10.1. The molecule has 0 aliphatic heterocycles. The fourth-order valence-corrected chi connectivity index (χ4v) is 1.07. The van der Waals surface area contributed by atoms with Crippen LogP contribution in [0.25, 0.3) is 12.2 Å². The van der Waals surface area contributed by atoms with Gasteiger partial charge < -0.3 is 0 Å². The van der Waals surface area contributed by atoms with Gasteiger partial charge in [0.25, 0.3) is 0 Å². The second-order valence-corrected chi connectivity index (χ2v) is 2.77. The highest BCUT2D eigenvalue weighted by atomic mass is 14.7. The van der Waals surface area contributed by atoms with E-state index in [-0.39, 0.29) is 0 Å². The second kappa shape index (κ2) is 3.35. The highest BCUT2D eigenvalue weighted by molar-refractivity contribution is 5.61. The molecule has 0 saturated heterocycles. The van der Waals surface area contributed by atoms with Crippen LogP contribution in [-0.2, 0) is 0 Å². The molecule has 0 aromatic carbocycles. The Morgan fingerprint density at radius 2 is 1.92 bits per heavy atom. The molecule has 1 heteroatoms. The van der Waals surface area contributed by atoms with Gasteiger partial charge in [0.15, 0.2) is 0 Å². The van der Waals surface area contributed by atoms with Gasteiger partial charge in [-0.05, 0) is 37.1 Å². The van der Waals surface area contributed by atoms with Crippen LogP contribution in [0.2, 0.25) is 0 Å². The Hall–Kier alpha value is -1.37. The summed E-state index contributed by atoms with van der Waals surface area (Å²) in [6.07, 6.45) is 3.56. The molecular formula is C11H13N. The molecule has 1 nitrogen and oxygen atoms in total. The Morgan fingerprint density at radius 1 is 1.25 bits per heavy atom. The summed E-state index contributed by atoms with van der Waals surface area (Å²) in [5.41, 5.74) is 4.20. The number of hydrogen-bond donors (Lipinski definition) is 0. The minimum atomic E-state index is 0.910. The molecule has 0 amide bonds. The third-order valence-electron chi connectivity index (χ3n) is 1.94. The summed E-state index contributed by atoms with van der Waals surface area (Å²) in [4.78, 5) is 4.37. The molecule has 0 radical (unpaired) electrons. The van der Waals surface area contributed by atoms with Crippen molar-refractivity contribution in [3.63, 3.8) is 0 Å². The molecule has 0 unspecified atom stereocenters. The highest BCUT2D eigenvalue weighted by Crippen LogP contribution is 2.13. The van der Waals surface area contributed by atoms with E-state index >= 15 is 0 Å². The Kier molecular flexibility index (Phi) is 2.44. The molecule has 62 valence electrons. The van der Waals surface area contributed by atoms with Crippen molar-refractivity contribution < 1.29 is 0 Å². The normalized spacial score (nSPS) is 9.50. The first-order valence-electron chi connectivity index (χ1n) is 3.92. The Balaban J connectivity index is 3.37. The van der Waals surface area contributed by atoms with Crippen LogP contribution in [0.5, 0.6) is 0 Å². The van der Waals surface area contributed by atoms with Gasteiger partial charge >= 0.3 is 0 Å². The Bertz CT molecular complexity index is 291. The van der Waals surface area contributed by atoms with Gasteiger partial charge in [-0.1, -0.05) is 19.2 Å². The summed E-state index contributed by atoms with van der Waals surface area (Å²) in [7, 11) is 0. The molecule has 0 N–H and O–H groups in total. The van der Waals surface area contributed by atoms with E-state index in [9.17, 15) is 0 Å². The molecule has 1 heterocycles. The van der Waals surface area contributed by atoms with E-state index in [0.717, 1.165) is 17.0 Å². The smallest absolute Gasteiger partial charge is 0.0699 e. The molecule has 0 aliphatic carbocycles. The van der Waals surface area contributed by atoms with Crippen LogP contribution in [0.15, 0.2) is 19.2 Å². The molecule has 1 rings (SSSR count). The second-order valence-electron chi connectivity index (χ2n) is 2.77. The lowest BCUT2D eigenvalue weighted by molar-refractivity contribution is 1.13. The van der Waals surface area contributed by atoms with E-state index in [0.29, 0.717) is 0 Å². The summed E-state index contributed by atoms with van der Waals surface area (Å²) < 4.78 is 0. The maximum Gasteiger partial charge on any atom is 0.0699 e. The average molecular weight is 159 g/mol. The van der Waals surface area contributed by atoms with Gasteiger partial charge in [-0.15, -0.1) is 0 Å². The van der Waals surface area contributed by atoms with E-state index in [2.05, 4.69) is 24.2 Å². The first-order chi connectivity index (χ1) is 5.69. The minimum absolute atomic E-state index is 0.910. The molecule has 0 saturated carbocycles. The summed E-state index contributed by atoms with van der Waals surface area (Å²) in [5.74, 6) is 0. The molecule has 1 aromatic heterocycles. The quantitative estimate of drug-likeness (QED) is 0.646. The Morgan fingerprint density at radius 3 is 2.42 bits per heavy atom. The lowest BCUT2D eigenvalue weighted by Gasteiger charge is -2.04. The van der Waals surface area contributed by atoms with Crippen LogP contribution >= 0.6 is 0 Å². The van der Waals surface area contributed by atoms with Gasteiger partial charge in [-0.3, -0.25) is 4.98 Å². The van der Waals surface area contributed by atoms with Crippen molar-refractivity contribution in [3.8, 4) is 0 Å². The van der Waals surface area contributed by atoms with Crippen molar-refractivity contribution in [2.24, 2.45) is 0 Å². The molecule has 0 atom stereocenters. The molecule has 12 heavy (non-hydrogen) atoms. The van der Waals surface area contributed by atoms with Gasteiger partial charge in [0.1, 0.15) is 0 Å². The van der Waals surface area contributed by atoms with Crippen LogP contribution in [0.4, 0.5) is 0 Å². The van der Waals surface area contributed by atoms with Crippen LogP contribution in [0.1, 0.15) is 22.5 Å².